The Hall–Kier alpha value is -16.4. The van der Waals surface area contributed by atoms with Crippen LogP contribution in [0.4, 0.5) is 0 Å². The number of methoxy groups -OCH3 is 4. The van der Waals surface area contributed by atoms with Gasteiger partial charge in [-0.3, -0.25) is 57.5 Å². The Morgan fingerprint density at radius 1 is 0.237 bits per heavy atom. The number of carbonyl (C=O) groups is 12. The molecular formula is C106H102BrClO31. The molecule has 12 aromatic rings. The van der Waals surface area contributed by atoms with Crippen molar-refractivity contribution in [2.24, 2.45) is 0 Å². The van der Waals surface area contributed by atoms with E-state index in [0.717, 1.165) is 4.47 Å². The number of benzene rings is 12. The Bertz CT molecular complexity index is 6030. The number of halogens is 2. The molecule has 726 valence electrons. The van der Waals surface area contributed by atoms with Gasteiger partial charge in [0.1, 0.15) is 74.7 Å². The summed E-state index contributed by atoms with van der Waals surface area (Å²) in [5.74, 6) is -3.23. The third-order valence-electron chi connectivity index (χ3n) is 19.4. The van der Waals surface area contributed by atoms with E-state index >= 15 is 0 Å². The largest absolute Gasteiger partial charge is 0.507 e. The number of ketones is 6. The Morgan fingerprint density at radius 3 is 0.856 bits per heavy atom. The number of aromatic hydroxyl groups is 3. The molecule has 0 saturated heterocycles. The average Bonchev–Trinajstić information content (AvgIpc) is 0.817. The highest BCUT2D eigenvalue weighted by molar-refractivity contribution is 9.10. The van der Waals surface area contributed by atoms with E-state index in [0.29, 0.717) is 134 Å². The second-order valence-corrected chi connectivity index (χ2v) is 30.8. The molecule has 0 aromatic heterocycles. The fraction of sp³-hybridized carbons (Fsp3) is 0.208. The van der Waals surface area contributed by atoms with Gasteiger partial charge in [0.15, 0.2) is 23.1 Å². The summed E-state index contributed by atoms with van der Waals surface area (Å²) in [4.78, 5) is 139. The van der Waals surface area contributed by atoms with Crippen LogP contribution in [0.3, 0.4) is 0 Å². The lowest BCUT2D eigenvalue weighted by Crippen LogP contribution is -2.08. The van der Waals surface area contributed by atoms with Crippen LogP contribution >= 0.6 is 27.5 Å². The molecule has 9 N–H and O–H groups in total. The summed E-state index contributed by atoms with van der Waals surface area (Å²) < 4.78 is 54.7. The molecule has 0 unspecified atom stereocenters. The van der Waals surface area contributed by atoms with Crippen molar-refractivity contribution in [2.75, 3.05) is 68.1 Å². The van der Waals surface area contributed by atoms with Crippen molar-refractivity contribution < 1.29 is 151 Å². The zero-order valence-corrected chi connectivity index (χ0v) is 78.3. The normalized spacial score (nSPS) is 10.2. The molecule has 12 aromatic carbocycles. The predicted molar refractivity (Wildman–Crippen MR) is 516 cm³/mol. The fourth-order valence-electron chi connectivity index (χ4n) is 12.5. The van der Waals surface area contributed by atoms with Crippen molar-refractivity contribution >= 4 is 98.0 Å². The molecule has 0 heterocycles. The number of carboxylic acid groups (broad SMARTS) is 6. The van der Waals surface area contributed by atoms with Crippen LogP contribution in [-0.4, -0.2) is 185 Å². The van der Waals surface area contributed by atoms with Gasteiger partial charge in [0.25, 0.3) is 0 Å². The summed E-state index contributed by atoms with van der Waals surface area (Å²) in [6, 6.07) is 74.8. The average molecular weight is 1990 g/mol. The molecule has 0 bridgehead atoms. The number of carboxylic acids is 6. The first-order valence-corrected chi connectivity index (χ1v) is 44.2. The first-order chi connectivity index (χ1) is 66.8. The number of para-hydroxylation sites is 3. The van der Waals surface area contributed by atoms with Gasteiger partial charge >= 0.3 is 35.8 Å². The van der Waals surface area contributed by atoms with Gasteiger partial charge < -0.3 is 93.3 Å². The van der Waals surface area contributed by atoms with Crippen LogP contribution in [-0.2, 0) is 28.8 Å². The number of phenolic OH excluding ortho intramolecular Hbond substituents is 3. The zero-order chi connectivity index (χ0) is 101. The number of aliphatic carboxylic acids is 6. The lowest BCUT2D eigenvalue weighted by atomic mass is 10.0. The second kappa shape index (κ2) is 58.7. The highest BCUT2D eigenvalue weighted by Gasteiger charge is 2.25. The molecule has 0 radical (unpaired) electrons. The van der Waals surface area contributed by atoms with E-state index in [1.165, 1.54) is 70.9 Å². The first kappa shape index (κ1) is 110. The highest BCUT2D eigenvalue weighted by Crippen LogP contribution is 2.36. The van der Waals surface area contributed by atoms with Gasteiger partial charge in [0, 0.05) is 70.8 Å². The van der Waals surface area contributed by atoms with E-state index in [1.54, 1.807) is 212 Å². The Kier molecular flexibility index (Phi) is 46.3. The number of ether oxygens (including phenoxy) is 10. The van der Waals surface area contributed by atoms with Crippen LogP contribution < -0.4 is 47.4 Å². The smallest absolute Gasteiger partial charge is 0.303 e. The van der Waals surface area contributed by atoms with Gasteiger partial charge in [-0.2, -0.15) is 0 Å². The predicted octanol–water partition coefficient (Wildman–Crippen LogP) is 19.5. The van der Waals surface area contributed by atoms with Crippen molar-refractivity contribution in [1.82, 2.24) is 0 Å². The molecule has 0 spiro atoms. The fourth-order valence-corrected chi connectivity index (χ4v) is 13.0. The van der Waals surface area contributed by atoms with Gasteiger partial charge in [-0.1, -0.05) is 155 Å². The van der Waals surface area contributed by atoms with Gasteiger partial charge in [-0.05, 0) is 178 Å². The zero-order valence-electron chi connectivity index (χ0n) is 76.0. The third-order valence-corrected chi connectivity index (χ3v) is 20.1. The Balaban J connectivity index is 0.000000227. The van der Waals surface area contributed by atoms with Crippen molar-refractivity contribution in [3.05, 3.63) is 349 Å². The second-order valence-electron chi connectivity index (χ2n) is 29.4. The minimum Gasteiger partial charge on any atom is -0.507 e. The molecule has 0 aliphatic rings. The van der Waals surface area contributed by atoms with Crippen molar-refractivity contribution in [3.63, 3.8) is 0 Å². The van der Waals surface area contributed by atoms with Crippen molar-refractivity contribution in [2.45, 2.75) is 77.0 Å². The topological polar surface area (TPSA) is 479 Å². The summed E-state index contributed by atoms with van der Waals surface area (Å²) in [7, 11) is 5.95. The summed E-state index contributed by atoms with van der Waals surface area (Å²) in [6.45, 7) is 1.21. The molecular weight excluding hydrogens is 1880 g/mol. The molecule has 0 atom stereocenters. The molecule has 31 nitrogen and oxygen atoms in total. The summed E-state index contributed by atoms with van der Waals surface area (Å²) >= 11 is 9.32. The number of carbonyl (C=O) groups excluding carboxylic acids is 6. The van der Waals surface area contributed by atoms with Crippen LogP contribution in [0.15, 0.2) is 277 Å². The third kappa shape index (κ3) is 37.1. The lowest BCUT2D eigenvalue weighted by molar-refractivity contribution is -0.138. The lowest BCUT2D eigenvalue weighted by Gasteiger charge is -2.13. The van der Waals surface area contributed by atoms with E-state index in [-0.39, 0.29) is 152 Å². The molecule has 0 aliphatic heterocycles. The van der Waals surface area contributed by atoms with Crippen LogP contribution in [0.25, 0.3) is 0 Å². The minimum atomic E-state index is -0.916. The van der Waals surface area contributed by atoms with E-state index in [9.17, 15) is 72.9 Å². The monoisotopic (exact) mass is 1980 g/mol. The van der Waals surface area contributed by atoms with Crippen LogP contribution in [0, 0.1) is 0 Å². The van der Waals surface area contributed by atoms with Gasteiger partial charge in [-0.25, -0.2) is 0 Å². The molecule has 139 heavy (non-hydrogen) atoms. The molecule has 0 saturated carbocycles. The number of hydrogen-bond donors (Lipinski definition) is 9. The number of rotatable bonds is 46. The number of hydrogen-bond acceptors (Lipinski definition) is 25. The summed E-state index contributed by atoms with van der Waals surface area (Å²) in [5, 5.41) is 82.0. The molecule has 0 aliphatic carbocycles. The molecule has 33 heteroatoms. The maximum Gasteiger partial charge on any atom is 0.303 e. The van der Waals surface area contributed by atoms with Crippen molar-refractivity contribution in [3.8, 4) is 74.7 Å². The quantitative estimate of drug-likeness (QED) is 0.0126. The molecule has 12 rings (SSSR count). The van der Waals surface area contributed by atoms with Crippen LogP contribution in [0.5, 0.6) is 74.7 Å². The number of phenols is 3. The van der Waals surface area contributed by atoms with E-state index in [4.69, 9.17) is 89.6 Å². The van der Waals surface area contributed by atoms with Gasteiger partial charge in [0.05, 0.1) is 118 Å². The van der Waals surface area contributed by atoms with E-state index in [1.807, 2.05) is 18.2 Å². The summed E-state index contributed by atoms with van der Waals surface area (Å²) in [5.41, 5.74) is 4.12. The maximum absolute atomic E-state index is 12.9. The van der Waals surface area contributed by atoms with Gasteiger partial charge in [-0.15, -0.1) is 0 Å². The van der Waals surface area contributed by atoms with Gasteiger partial charge in [0.2, 0.25) is 11.6 Å². The molecule has 0 fully saturated rings. The maximum atomic E-state index is 12.9. The minimum absolute atomic E-state index is 0.00951. The van der Waals surface area contributed by atoms with E-state index < -0.39 is 47.4 Å². The highest BCUT2D eigenvalue weighted by atomic mass is 79.9. The van der Waals surface area contributed by atoms with Crippen LogP contribution in [0.1, 0.15) is 173 Å². The standard InChI is InChI=1S/C19H20O7.C18H18O6.C18H18O5.C17H15BrO4.C17H15ClO4.C17H16O5/c1-24-12-5-7-16(20)14(10-12)19(23)15-11-13(25-2)6-8-17(15)26-9-3-4-18(21)22;1-23-12-8-9-16(24-10-4-7-17(20)21)14(11-12)18(22)13-5-2-3-6-15(13)19;1-22-14-9-10-15(18(21)13-6-3-2-4-7-13)16(12-14)23-11-5-8-17(19)20;2*18-13-8-9-15(22-10-4-7-16(19)20)14(11-13)17(21)12-5-2-1-3-6-12;18-14-8-3-1-6-12(14)17(21)13-7-2-4-9-15(13)22-11-5-10-16(19)20/h5-8,10-11,20H,3-4,9H2,1-2H3,(H,21,22);2-3,5-6,8-9,11,19H,4,7,10H2,1H3,(H,20,21);2-4,6-7,9-10,12H,5,8,11H2,1H3,(H,19,20);2*1-3,5-6,8-9,11H,4,7,10H2,(H,19,20);1-4,6-9,18H,5,10-11H2,(H,19,20). The summed E-state index contributed by atoms with van der Waals surface area (Å²) in [6.07, 6.45) is 2.16. The van der Waals surface area contributed by atoms with Crippen molar-refractivity contribution in [1.29, 1.82) is 0 Å². The Morgan fingerprint density at radius 2 is 0.489 bits per heavy atom. The molecule has 0 amide bonds. The van der Waals surface area contributed by atoms with E-state index in [2.05, 4.69) is 15.9 Å². The Labute approximate surface area is 813 Å². The first-order valence-electron chi connectivity index (χ1n) is 43.0. The van der Waals surface area contributed by atoms with Crippen LogP contribution in [0.2, 0.25) is 5.02 Å². The SMILES string of the molecule is COc1ccc(C(=O)c2ccccc2)c(OCCCC(=O)O)c1.COc1ccc(O)c(C(=O)c2cc(OC)ccc2OCCCC(=O)O)c1.COc1ccc(OCCCC(=O)O)c(C(=O)c2ccccc2O)c1.O=C(O)CCCOc1ccc(Br)cc1C(=O)c1ccccc1.O=C(O)CCCOc1ccc(Cl)cc1C(=O)c1ccccc1.O=C(O)CCCOc1ccccc1C(=O)c1ccccc1O.